The molecule has 1 aromatic heterocycles. The number of hydrogen-bond donors (Lipinski definition) is 0. The lowest BCUT2D eigenvalue weighted by Gasteiger charge is -2.25. The van der Waals surface area contributed by atoms with E-state index < -0.39 is 0 Å². The lowest BCUT2D eigenvalue weighted by atomic mass is 9.87. The maximum absolute atomic E-state index is 5.94. The Hall–Kier alpha value is -2.50. The van der Waals surface area contributed by atoms with Gasteiger partial charge in [-0.1, -0.05) is 59.8 Å². The van der Waals surface area contributed by atoms with Crippen molar-refractivity contribution >= 4 is 0 Å². The van der Waals surface area contributed by atoms with E-state index in [0.29, 0.717) is 30.2 Å². The Labute approximate surface area is 152 Å². The van der Waals surface area contributed by atoms with Crippen molar-refractivity contribution in [2.75, 3.05) is 19.8 Å². The third kappa shape index (κ3) is 2.83. The number of fused-ring (bicyclic) bond motifs is 1. The van der Waals surface area contributed by atoms with Crippen LogP contribution in [0.2, 0.25) is 0 Å². The molecule has 0 amide bonds. The number of ether oxygens (including phenoxy) is 2. The molecule has 3 aromatic rings. The van der Waals surface area contributed by atoms with Crippen LogP contribution in [0.25, 0.3) is 22.5 Å². The van der Waals surface area contributed by atoms with E-state index in [1.165, 1.54) is 11.1 Å². The molecule has 3 unspecified atom stereocenters. The summed E-state index contributed by atoms with van der Waals surface area (Å²) in [4.78, 5) is 4.61. The monoisotopic (exact) mass is 348 g/mol. The van der Waals surface area contributed by atoms with Crippen molar-refractivity contribution < 1.29 is 14.0 Å². The Morgan fingerprint density at radius 2 is 1.62 bits per heavy atom. The second-order valence-electron chi connectivity index (χ2n) is 6.94. The van der Waals surface area contributed by atoms with Crippen LogP contribution in [0.15, 0.2) is 59.1 Å². The molecule has 0 aliphatic carbocycles. The number of hydrogen-bond acceptors (Lipinski definition) is 5. The number of rotatable bonds is 3. The standard InChI is InChI=1S/C21H20N2O3/c1-2-4-14(5-3-1)15-6-8-16(9-7-15)20-22-21(26-23-20)19-18-10-11-24-12-17(18)13-25-19/h1-9,17-19H,10-13H2. The lowest BCUT2D eigenvalue weighted by molar-refractivity contribution is 0.0217. The molecular weight excluding hydrogens is 328 g/mol. The summed E-state index contributed by atoms with van der Waals surface area (Å²) in [6.45, 7) is 2.25. The van der Waals surface area contributed by atoms with Gasteiger partial charge in [0.25, 0.3) is 5.89 Å². The maximum atomic E-state index is 5.94. The summed E-state index contributed by atoms with van der Waals surface area (Å²) in [6, 6.07) is 18.5. The zero-order valence-electron chi connectivity index (χ0n) is 14.4. The number of nitrogens with zero attached hydrogens (tertiary/aromatic N) is 2. The average molecular weight is 348 g/mol. The van der Waals surface area contributed by atoms with E-state index in [4.69, 9.17) is 14.0 Å². The van der Waals surface area contributed by atoms with Gasteiger partial charge in [0.1, 0.15) is 6.10 Å². The molecule has 5 rings (SSSR count). The largest absolute Gasteiger partial charge is 0.381 e. The van der Waals surface area contributed by atoms with Crippen molar-refractivity contribution in [2.24, 2.45) is 11.8 Å². The molecule has 5 nitrogen and oxygen atoms in total. The molecule has 2 aromatic carbocycles. The fourth-order valence-corrected chi connectivity index (χ4v) is 3.90. The van der Waals surface area contributed by atoms with E-state index in [2.05, 4.69) is 34.4 Å². The van der Waals surface area contributed by atoms with Crippen LogP contribution in [0, 0.1) is 11.8 Å². The highest BCUT2D eigenvalue weighted by atomic mass is 16.5. The van der Waals surface area contributed by atoms with E-state index >= 15 is 0 Å². The molecule has 2 aliphatic rings. The minimum absolute atomic E-state index is 0.103. The van der Waals surface area contributed by atoms with Crippen LogP contribution in [-0.4, -0.2) is 30.0 Å². The maximum Gasteiger partial charge on any atom is 0.256 e. The van der Waals surface area contributed by atoms with Crippen LogP contribution in [-0.2, 0) is 9.47 Å². The fourth-order valence-electron chi connectivity index (χ4n) is 3.90. The van der Waals surface area contributed by atoms with Gasteiger partial charge in [0.15, 0.2) is 0 Å². The lowest BCUT2D eigenvalue weighted by Crippen LogP contribution is -2.27. The SMILES string of the molecule is c1ccc(-c2ccc(-c3noc(C4OCC5COCCC54)n3)cc2)cc1. The highest BCUT2D eigenvalue weighted by molar-refractivity contribution is 5.67. The number of benzene rings is 2. The van der Waals surface area contributed by atoms with Gasteiger partial charge in [-0.3, -0.25) is 0 Å². The smallest absolute Gasteiger partial charge is 0.256 e. The van der Waals surface area contributed by atoms with E-state index in [1.807, 2.05) is 30.3 Å². The zero-order chi connectivity index (χ0) is 17.3. The van der Waals surface area contributed by atoms with Gasteiger partial charge >= 0.3 is 0 Å². The van der Waals surface area contributed by atoms with Gasteiger partial charge in [-0.2, -0.15) is 4.98 Å². The molecule has 2 saturated heterocycles. The van der Waals surface area contributed by atoms with Crippen molar-refractivity contribution in [1.82, 2.24) is 10.1 Å². The van der Waals surface area contributed by atoms with Gasteiger partial charge in [0, 0.05) is 24.0 Å². The Kier molecular flexibility index (Phi) is 4.03. The quantitative estimate of drug-likeness (QED) is 0.712. The predicted molar refractivity (Wildman–Crippen MR) is 96.3 cm³/mol. The highest BCUT2D eigenvalue weighted by Crippen LogP contribution is 2.42. The van der Waals surface area contributed by atoms with Crippen LogP contribution in [0.3, 0.4) is 0 Å². The van der Waals surface area contributed by atoms with Crippen LogP contribution in [0.4, 0.5) is 0 Å². The molecule has 26 heavy (non-hydrogen) atoms. The fraction of sp³-hybridized carbons (Fsp3) is 0.333. The topological polar surface area (TPSA) is 57.4 Å². The molecule has 2 aliphatic heterocycles. The first-order valence-electron chi connectivity index (χ1n) is 9.07. The van der Waals surface area contributed by atoms with Crippen LogP contribution in [0.1, 0.15) is 18.4 Å². The highest BCUT2D eigenvalue weighted by Gasteiger charge is 2.42. The summed E-state index contributed by atoms with van der Waals surface area (Å²) in [7, 11) is 0. The minimum Gasteiger partial charge on any atom is -0.381 e. The molecule has 0 radical (unpaired) electrons. The predicted octanol–water partition coefficient (Wildman–Crippen LogP) is 4.13. The molecule has 5 heteroatoms. The van der Waals surface area contributed by atoms with Gasteiger partial charge in [-0.05, 0) is 17.5 Å². The third-order valence-electron chi connectivity index (χ3n) is 5.35. The van der Waals surface area contributed by atoms with E-state index in [-0.39, 0.29) is 6.10 Å². The molecule has 3 atom stereocenters. The number of aromatic nitrogens is 2. The van der Waals surface area contributed by atoms with Crippen LogP contribution < -0.4 is 0 Å². The molecule has 0 N–H and O–H groups in total. The van der Waals surface area contributed by atoms with Crippen molar-refractivity contribution in [2.45, 2.75) is 12.5 Å². The van der Waals surface area contributed by atoms with Crippen molar-refractivity contribution in [3.8, 4) is 22.5 Å². The minimum atomic E-state index is -0.103. The molecular formula is C21H20N2O3. The average Bonchev–Trinajstić information content (AvgIpc) is 3.36. The molecule has 0 bridgehead atoms. The van der Waals surface area contributed by atoms with Crippen LogP contribution >= 0.6 is 0 Å². The van der Waals surface area contributed by atoms with Gasteiger partial charge in [0.05, 0.1) is 13.2 Å². The van der Waals surface area contributed by atoms with Crippen LogP contribution in [0.5, 0.6) is 0 Å². The second-order valence-corrected chi connectivity index (χ2v) is 6.94. The zero-order valence-corrected chi connectivity index (χ0v) is 14.4. The molecule has 132 valence electrons. The summed E-state index contributed by atoms with van der Waals surface area (Å²) < 4.78 is 17.0. The Bertz CT molecular complexity index is 876. The second kappa shape index (κ2) is 6.67. The normalized spacial score (nSPS) is 25.2. The first-order chi connectivity index (χ1) is 12.9. The van der Waals surface area contributed by atoms with Gasteiger partial charge in [-0.25, -0.2) is 0 Å². The van der Waals surface area contributed by atoms with Gasteiger partial charge in [-0.15, -0.1) is 0 Å². The molecule has 3 heterocycles. The summed E-state index contributed by atoms with van der Waals surface area (Å²) >= 11 is 0. The first-order valence-corrected chi connectivity index (χ1v) is 9.07. The summed E-state index contributed by atoms with van der Waals surface area (Å²) in [6.07, 6.45) is 0.882. The Morgan fingerprint density at radius 1 is 0.846 bits per heavy atom. The Morgan fingerprint density at radius 3 is 2.46 bits per heavy atom. The van der Waals surface area contributed by atoms with E-state index in [1.54, 1.807) is 0 Å². The molecule has 2 fully saturated rings. The first kappa shape index (κ1) is 15.7. The third-order valence-corrected chi connectivity index (χ3v) is 5.35. The summed E-state index contributed by atoms with van der Waals surface area (Å²) in [5.41, 5.74) is 3.31. The van der Waals surface area contributed by atoms with E-state index in [9.17, 15) is 0 Å². The van der Waals surface area contributed by atoms with Gasteiger partial charge in [0.2, 0.25) is 5.82 Å². The van der Waals surface area contributed by atoms with Gasteiger partial charge < -0.3 is 14.0 Å². The van der Waals surface area contributed by atoms with E-state index in [0.717, 1.165) is 25.2 Å². The molecule has 0 saturated carbocycles. The summed E-state index contributed by atoms with van der Waals surface area (Å²) in [5.74, 6) is 2.05. The molecule has 0 spiro atoms. The van der Waals surface area contributed by atoms with Crippen molar-refractivity contribution in [1.29, 1.82) is 0 Å². The Balaban J connectivity index is 1.37. The van der Waals surface area contributed by atoms with Crippen molar-refractivity contribution in [3.05, 3.63) is 60.5 Å². The summed E-state index contributed by atoms with van der Waals surface area (Å²) in [5, 5.41) is 4.17. The van der Waals surface area contributed by atoms with Crippen molar-refractivity contribution in [3.63, 3.8) is 0 Å².